The number of ether oxygens (including phenoxy) is 6. The topological polar surface area (TPSA) is 154 Å². The van der Waals surface area contributed by atoms with Gasteiger partial charge in [-0.25, -0.2) is 9.18 Å². The van der Waals surface area contributed by atoms with Crippen molar-refractivity contribution in [3.05, 3.63) is 56.5 Å². The summed E-state index contributed by atoms with van der Waals surface area (Å²) in [4.78, 5) is 60.9. The average molecular weight is 607 g/mol. The summed E-state index contributed by atoms with van der Waals surface area (Å²) >= 11 is 1.32. The largest absolute Gasteiger partial charge is 0.463 e. The molecule has 1 aliphatic carbocycles. The molecule has 4 rings (SSSR count). The van der Waals surface area contributed by atoms with Gasteiger partial charge in [0, 0.05) is 43.9 Å². The van der Waals surface area contributed by atoms with Crippen LogP contribution in [-0.2, 0) is 47.6 Å². The molecule has 1 fully saturated rings. The molecular weight excluding hydrogens is 579 g/mol. The second-order valence-electron chi connectivity index (χ2n) is 9.25. The van der Waals surface area contributed by atoms with Crippen molar-refractivity contribution in [2.75, 3.05) is 6.61 Å². The third-order valence-corrected chi connectivity index (χ3v) is 6.83. The first-order valence-electron chi connectivity index (χ1n) is 12.7. The van der Waals surface area contributed by atoms with Crippen LogP contribution in [0.5, 0.6) is 0 Å². The highest BCUT2D eigenvalue weighted by molar-refractivity contribution is 7.13. The molecule has 12 nitrogen and oxygen atoms in total. The van der Waals surface area contributed by atoms with Gasteiger partial charge in [0.1, 0.15) is 30.1 Å². The summed E-state index contributed by atoms with van der Waals surface area (Å²) in [5, 5.41) is 2.07. The van der Waals surface area contributed by atoms with E-state index >= 15 is 4.39 Å². The first-order valence-corrected chi connectivity index (χ1v) is 13.5. The maximum Gasteiger partial charge on any atom is 0.345 e. The lowest BCUT2D eigenvalue weighted by molar-refractivity contribution is -0.298. The Hall–Kier alpha value is -4.30. The third-order valence-electron chi connectivity index (χ3n) is 5.93. The Kier molecular flexibility index (Phi) is 9.58. The maximum atomic E-state index is 15.1. The van der Waals surface area contributed by atoms with E-state index < -0.39 is 73.0 Å². The molecule has 224 valence electrons. The molecule has 0 N–H and O–H groups in total. The predicted octanol–water partition coefficient (Wildman–Crippen LogP) is 1.26. The van der Waals surface area contributed by atoms with Crippen LogP contribution in [0.3, 0.4) is 0 Å². The second-order valence-corrected chi connectivity index (χ2v) is 10.2. The van der Waals surface area contributed by atoms with Gasteiger partial charge in [0.15, 0.2) is 12.2 Å². The summed E-state index contributed by atoms with van der Waals surface area (Å²) in [6, 6.07) is 5.00. The zero-order valence-corrected chi connectivity index (χ0v) is 23.7. The summed E-state index contributed by atoms with van der Waals surface area (Å²) in [5.74, 6) is -3.32. The fourth-order valence-corrected chi connectivity index (χ4v) is 5.12. The van der Waals surface area contributed by atoms with E-state index in [-0.39, 0.29) is 22.0 Å². The van der Waals surface area contributed by atoms with Gasteiger partial charge >= 0.3 is 29.5 Å². The normalized spacial score (nSPS) is 24.8. The zero-order valence-electron chi connectivity index (χ0n) is 22.9. The van der Waals surface area contributed by atoms with Gasteiger partial charge in [-0.05, 0) is 29.7 Å². The number of rotatable bonds is 8. The fraction of sp³-hybridized carbons (Fsp3) is 0.393. The molecule has 0 aromatic carbocycles. The number of hydrogen-bond donors (Lipinski definition) is 0. The quantitative estimate of drug-likeness (QED) is 0.314. The Morgan fingerprint density at radius 1 is 0.929 bits per heavy atom. The van der Waals surface area contributed by atoms with E-state index in [0.717, 1.165) is 33.8 Å². The van der Waals surface area contributed by atoms with Crippen LogP contribution in [-0.4, -0.2) is 67.4 Å². The van der Waals surface area contributed by atoms with Crippen molar-refractivity contribution in [3.8, 4) is 10.4 Å². The van der Waals surface area contributed by atoms with Crippen LogP contribution in [0.15, 0.2) is 44.6 Å². The van der Waals surface area contributed by atoms with Crippen molar-refractivity contribution in [1.82, 2.24) is 0 Å². The second kappa shape index (κ2) is 13.1. The Morgan fingerprint density at radius 3 is 2.21 bits per heavy atom. The number of halogens is 1. The molecule has 14 heteroatoms. The van der Waals surface area contributed by atoms with Gasteiger partial charge in [0.2, 0.25) is 12.4 Å². The predicted molar refractivity (Wildman–Crippen MR) is 142 cm³/mol. The SMILES string of the molecule is CC(=O)OC[C@H]1O[C@@H](OC2=CC(F)C=c3cc(-c4cccs4)c(=O)oc3=C2)[C@H](OC(C)=O)[C@@H](OC(C)=O)[C@H]1OC(C)=O. The van der Waals surface area contributed by atoms with Crippen LogP contribution in [0.25, 0.3) is 22.6 Å². The molecular formula is C28H27FO12S. The summed E-state index contributed by atoms with van der Waals surface area (Å²) in [7, 11) is 0. The molecule has 0 amide bonds. The van der Waals surface area contributed by atoms with E-state index in [2.05, 4.69) is 0 Å². The molecule has 42 heavy (non-hydrogen) atoms. The smallest absolute Gasteiger partial charge is 0.345 e. The number of allylic oxidation sites excluding steroid dienone is 2. The van der Waals surface area contributed by atoms with Gasteiger partial charge in [-0.2, -0.15) is 0 Å². The van der Waals surface area contributed by atoms with Crippen molar-refractivity contribution in [1.29, 1.82) is 0 Å². The number of thiophene rings is 1. The van der Waals surface area contributed by atoms with Crippen LogP contribution in [0.1, 0.15) is 27.7 Å². The first-order chi connectivity index (χ1) is 19.9. The summed E-state index contributed by atoms with van der Waals surface area (Å²) < 4.78 is 53.5. The van der Waals surface area contributed by atoms with E-state index in [1.165, 1.54) is 29.6 Å². The van der Waals surface area contributed by atoms with E-state index in [0.29, 0.717) is 4.88 Å². The molecule has 0 spiro atoms. The number of fused-ring (bicyclic) bond motifs is 1. The monoisotopic (exact) mass is 606 g/mol. The fourth-order valence-electron chi connectivity index (χ4n) is 4.39. The van der Waals surface area contributed by atoms with E-state index in [4.69, 9.17) is 32.8 Å². The van der Waals surface area contributed by atoms with Crippen LogP contribution >= 0.6 is 11.3 Å². The molecule has 1 aliphatic heterocycles. The molecule has 2 aromatic rings. The van der Waals surface area contributed by atoms with Gasteiger partial charge in [-0.3, -0.25) is 19.2 Å². The minimum Gasteiger partial charge on any atom is -0.463 e. The van der Waals surface area contributed by atoms with Crippen molar-refractivity contribution in [2.24, 2.45) is 0 Å². The summed E-state index contributed by atoms with van der Waals surface area (Å²) in [6.07, 6.45) is -5.46. The van der Waals surface area contributed by atoms with Gasteiger partial charge in [-0.1, -0.05) is 6.07 Å². The Labute approximate surface area is 241 Å². The molecule has 2 aliphatic rings. The number of esters is 4. The van der Waals surface area contributed by atoms with Crippen LogP contribution in [0.4, 0.5) is 4.39 Å². The third kappa shape index (κ3) is 7.50. The molecule has 0 bridgehead atoms. The highest BCUT2D eigenvalue weighted by Crippen LogP contribution is 2.31. The number of hydrogen-bond acceptors (Lipinski definition) is 13. The van der Waals surface area contributed by atoms with Gasteiger partial charge in [0.25, 0.3) is 0 Å². The van der Waals surface area contributed by atoms with E-state index in [1.807, 2.05) is 0 Å². The number of carbonyl (C=O) groups is 4. The molecule has 2 aromatic heterocycles. The van der Waals surface area contributed by atoms with Crippen molar-refractivity contribution < 1.29 is 56.4 Å². The van der Waals surface area contributed by atoms with E-state index in [9.17, 15) is 24.0 Å². The first kappa shape index (κ1) is 30.7. The standard InChI is InChI=1S/C28H27FO12S/c1-13(30)35-12-22-24(36-14(2)31)25(37-15(3)32)26(38-16(4)33)28(41-22)39-19-10-18(29)8-17-9-20(23-6-5-7-42-23)27(34)40-21(17)11-19/h5-11,18,22,24-26,28H,12H2,1-4H3/t18?,22-,24+,25+,26-,28-/m1/s1. The van der Waals surface area contributed by atoms with Crippen molar-refractivity contribution in [2.45, 2.75) is 64.6 Å². The van der Waals surface area contributed by atoms with Crippen molar-refractivity contribution >= 4 is 47.4 Å². The molecule has 3 heterocycles. The lowest BCUT2D eigenvalue weighted by atomic mass is 9.98. The van der Waals surface area contributed by atoms with E-state index in [1.54, 1.807) is 17.5 Å². The molecule has 1 unspecified atom stereocenters. The summed E-state index contributed by atoms with van der Waals surface area (Å²) in [6.45, 7) is 3.92. The van der Waals surface area contributed by atoms with Gasteiger partial charge in [-0.15, -0.1) is 11.3 Å². The average Bonchev–Trinajstić information content (AvgIpc) is 3.36. The lowest BCUT2D eigenvalue weighted by Crippen LogP contribution is -2.62. The van der Waals surface area contributed by atoms with Crippen LogP contribution in [0.2, 0.25) is 0 Å². The van der Waals surface area contributed by atoms with Gasteiger partial charge < -0.3 is 32.8 Å². The Morgan fingerprint density at radius 2 is 1.60 bits per heavy atom. The Bertz CT molecular complexity index is 1560. The highest BCUT2D eigenvalue weighted by Gasteiger charge is 2.53. The van der Waals surface area contributed by atoms with Gasteiger partial charge in [0.05, 0.1) is 5.56 Å². The lowest BCUT2D eigenvalue weighted by Gasteiger charge is -2.44. The number of carbonyl (C=O) groups excluding carboxylic acids is 4. The molecule has 0 radical (unpaired) electrons. The molecule has 0 saturated carbocycles. The summed E-state index contributed by atoms with van der Waals surface area (Å²) in [5.41, 5.74) is -0.424. The van der Waals surface area contributed by atoms with Crippen LogP contribution in [0, 0.1) is 0 Å². The molecule has 1 saturated heterocycles. The Balaban J connectivity index is 1.74. The number of alkyl halides is 1. The minimum absolute atomic E-state index is 0.0164. The van der Waals surface area contributed by atoms with Crippen molar-refractivity contribution in [3.63, 3.8) is 0 Å². The van der Waals surface area contributed by atoms with Crippen LogP contribution < -0.4 is 16.3 Å². The highest BCUT2D eigenvalue weighted by atomic mass is 32.1. The maximum absolute atomic E-state index is 15.1. The zero-order chi connectivity index (χ0) is 30.6. The molecule has 6 atom stereocenters. The minimum atomic E-state index is -1.72.